The van der Waals surface area contributed by atoms with Crippen LogP contribution in [0.1, 0.15) is 0 Å². The number of aliphatic hydroxyl groups is 15. The predicted molar refractivity (Wildman–Crippen MR) is 112 cm³/mol. The Morgan fingerprint density at radius 3 is 0.951 bits per heavy atom. The van der Waals surface area contributed by atoms with Crippen LogP contribution in [0.25, 0.3) is 0 Å². The summed E-state index contributed by atoms with van der Waals surface area (Å²) < 4.78 is 0. The molecule has 15 N–H and O–H groups in total. The van der Waals surface area contributed by atoms with Gasteiger partial charge in [0, 0.05) is 5.04 Å². The number of aliphatic hydroxyl groups excluding tert-OH is 15. The van der Waals surface area contributed by atoms with Gasteiger partial charge in [-0.1, -0.05) is 0 Å². The molecule has 12 atom stereocenters. The van der Waals surface area contributed by atoms with Crippen molar-refractivity contribution in [2.24, 2.45) is 0 Å². The van der Waals surface area contributed by atoms with E-state index in [1.807, 2.05) is 0 Å². The molecule has 0 aliphatic carbocycles. The SMILES string of the molecule is O=C(OOOC(=O)[C@H](O)[C@@H](O)[C@H](O)[C@H](O)CO)[C@H](O)[C@@H](O)[C@H](O)[C@H](O)CO.O=C([O-])[C@H](O)[C@@H](O)[C@H](O)[C@H](O)CO.[Na+]. The fourth-order valence-electron chi connectivity index (χ4n) is 2.17. The van der Waals surface area contributed by atoms with Crippen molar-refractivity contribution in [3.8, 4) is 0 Å². The van der Waals surface area contributed by atoms with Crippen molar-refractivity contribution in [1.82, 2.24) is 0 Å². The second-order valence-corrected chi connectivity index (χ2v) is 7.72. The molecule has 0 bridgehead atoms. The van der Waals surface area contributed by atoms with Gasteiger partial charge in [0.15, 0.2) is 12.2 Å². The summed E-state index contributed by atoms with van der Waals surface area (Å²) in [5.74, 6) is -5.63. The van der Waals surface area contributed by atoms with E-state index in [-0.39, 0.29) is 29.6 Å². The van der Waals surface area contributed by atoms with Crippen molar-refractivity contribution in [2.45, 2.75) is 73.2 Å². The summed E-state index contributed by atoms with van der Waals surface area (Å²) in [6.07, 6.45) is -25.9. The van der Waals surface area contributed by atoms with Crippen LogP contribution in [-0.2, 0) is 29.2 Å². The van der Waals surface area contributed by atoms with Crippen LogP contribution in [0.4, 0.5) is 0 Å². The van der Waals surface area contributed by atoms with Crippen LogP contribution in [0.3, 0.4) is 0 Å². The van der Waals surface area contributed by atoms with E-state index in [1.165, 1.54) is 0 Å². The van der Waals surface area contributed by atoms with Crippen molar-refractivity contribution >= 4 is 17.9 Å². The monoisotopic (exact) mass is 624 g/mol. The van der Waals surface area contributed by atoms with Crippen LogP contribution >= 0.6 is 0 Å². The zero-order valence-corrected chi connectivity index (χ0v) is 23.1. The second-order valence-electron chi connectivity index (χ2n) is 7.72. The molecule has 0 aromatic carbocycles. The van der Waals surface area contributed by atoms with Gasteiger partial charge in [-0.3, -0.25) is 9.78 Å². The fraction of sp³-hybridized carbons (Fsp3) is 0.833. The molecule has 0 aromatic rings. The first kappa shape index (κ1) is 44.2. The Hall–Kier alpha value is -1.23. The van der Waals surface area contributed by atoms with Crippen LogP contribution in [-0.4, -0.2) is 188 Å². The minimum atomic E-state index is -2.52. The van der Waals surface area contributed by atoms with Gasteiger partial charge in [0.1, 0.15) is 61.0 Å². The largest absolute Gasteiger partial charge is 1.00 e. The standard InChI is InChI=1S/C12H22O15.C6H12O7.Na/c13-1-3(15)5(17)7(19)9(21)11(23)25-27-26-12(24)10(22)8(20)6(18)4(16)2-14;7-1-2(8)3(9)4(10)5(11)6(12)13;/h3-10,13-22H,1-2H2;2-5,7-11H,1H2,(H,12,13);/q;;+1/p-1/t3-,4-,5-,6-,7+,8+,9-,10-;2-,3-,4+,5-;/m11./s1. The number of aliphatic carboxylic acids is 1. The molecule has 0 saturated carbocycles. The van der Waals surface area contributed by atoms with Gasteiger partial charge in [0.25, 0.3) is 0 Å². The van der Waals surface area contributed by atoms with E-state index < -0.39 is 111 Å². The Bertz CT molecular complexity index is 703. The van der Waals surface area contributed by atoms with Crippen LogP contribution < -0.4 is 34.7 Å². The number of carboxylic acid groups (broad SMARTS) is 1. The molecule has 0 radical (unpaired) electrons. The quantitative estimate of drug-likeness (QED) is 0.0405. The zero-order chi connectivity index (χ0) is 31.9. The summed E-state index contributed by atoms with van der Waals surface area (Å²) in [5, 5.41) is 148. The van der Waals surface area contributed by atoms with Gasteiger partial charge in [-0.05, 0) is 0 Å². The second kappa shape index (κ2) is 22.3. The van der Waals surface area contributed by atoms with Crippen LogP contribution in [0.15, 0.2) is 0 Å². The fourth-order valence-corrected chi connectivity index (χ4v) is 2.17. The Morgan fingerprint density at radius 2 is 0.732 bits per heavy atom. The maximum atomic E-state index is 11.3. The van der Waals surface area contributed by atoms with E-state index in [1.54, 1.807) is 0 Å². The molecule has 0 aromatic heterocycles. The number of hydrogen-bond donors (Lipinski definition) is 15. The predicted octanol–water partition coefficient (Wildman–Crippen LogP) is -15.0. The molecule has 0 rings (SSSR count). The average molecular weight is 624 g/mol. The molecule has 0 aliphatic heterocycles. The number of carbonyl (C=O) groups is 3. The normalized spacial score (nSPS) is 20.0. The third kappa shape index (κ3) is 15.2. The third-order valence-corrected chi connectivity index (χ3v) is 4.72. The first-order valence-corrected chi connectivity index (χ1v) is 10.7. The number of carbonyl (C=O) groups excluding carboxylic acids is 3. The van der Waals surface area contributed by atoms with E-state index in [4.69, 9.17) is 46.0 Å². The van der Waals surface area contributed by atoms with Crippen molar-refractivity contribution < 1.29 is 140 Å². The number of carboxylic acids is 1. The molecule has 0 spiro atoms. The maximum absolute atomic E-state index is 11.3. The number of hydrogen-bond acceptors (Lipinski definition) is 22. The molecule has 0 unspecified atom stereocenters. The summed E-state index contributed by atoms with van der Waals surface area (Å²) in [6, 6.07) is 0. The molecule has 41 heavy (non-hydrogen) atoms. The van der Waals surface area contributed by atoms with Gasteiger partial charge in [0.2, 0.25) is 0 Å². The molecule has 0 fully saturated rings. The van der Waals surface area contributed by atoms with Gasteiger partial charge < -0.3 is 86.5 Å². The molecular formula is C18H33NaO22. The maximum Gasteiger partial charge on any atom is 1.00 e. The summed E-state index contributed by atoms with van der Waals surface area (Å²) in [7, 11) is 0. The number of rotatable bonds is 17. The molecular weight excluding hydrogens is 591 g/mol. The molecule has 23 heteroatoms. The van der Waals surface area contributed by atoms with Gasteiger partial charge in [-0.15, -0.1) is 0 Å². The van der Waals surface area contributed by atoms with Crippen LogP contribution in [0.2, 0.25) is 0 Å². The summed E-state index contributed by atoms with van der Waals surface area (Å²) in [6.45, 7) is -2.88. The molecule has 238 valence electrons. The topological polar surface area (TPSA) is 405 Å². The van der Waals surface area contributed by atoms with Crippen molar-refractivity contribution in [3.05, 3.63) is 0 Å². The minimum Gasteiger partial charge on any atom is -0.547 e. The Morgan fingerprint density at radius 1 is 0.488 bits per heavy atom. The summed E-state index contributed by atoms with van der Waals surface area (Å²) in [4.78, 5) is 40.0. The van der Waals surface area contributed by atoms with E-state index in [0.29, 0.717) is 0 Å². The van der Waals surface area contributed by atoms with E-state index in [2.05, 4.69) is 14.8 Å². The Labute approximate surface area is 251 Å². The van der Waals surface area contributed by atoms with Gasteiger partial charge in [0.05, 0.1) is 25.8 Å². The van der Waals surface area contributed by atoms with Crippen molar-refractivity contribution in [3.63, 3.8) is 0 Å². The first-order valence-electron chi connectivity index (χ1n) is 10.7. The molecule has 0 saturated heterocycles. The van der Waals surface area contributed by atoms with Crippen molar-refractivity contribution in [1.29, 1.82) is 0 Å². The minimum absolute atomic E-state index is 0. The zero-order valence-electron chi connectivity index (χ0n) is 21.1. The van der Waals surface area contributed by atoms with E-state index >= 15 is 0 Å². The van der Waals surface area contributed by atoms with Gasteiger partial charge in [-0.25, -0.2) is 9.59 Å². The smallest absolute Gasteiger partial charge is 0.547 e. The van der Waals surface area contributed by atoms with Crippen molar-refractivity contribution in [2.75, 3.05) is 19.8 Å². The summed E-state index contributed by atoms with van der Waals surface area (Å²) in [5.41, 5.74) is 0. The molecule has 0 heterocycles. The third-order valence-electron chi connectivity index (χ3n) is 4.72. The van der Waals surface area contributed by atoms with Crippen LogP contribution in [0, 0.1) is 0 Å². The molecule has 0 amide bonds. The van der Waals surface area contributed by atoms with Gasteiger partial charge >= 0.3 is 41.5 Å². The van der Waals surface area contributed by atoms with Gasteiger partial charge in [-0.2, -0.15) is 0 Å². The van der Waals surface area contributed by atoms with Crippen LogP contribution in [0.5, 0.6) is 0 Å². The van der Waals surface area contributed by atoms with E-state index in [9.17, 15) is 50.1 Å². The average Bonchev–Trinajstić information content (AvgIpc) is 2.95. The Kier molecular flexibility index (Phi) is 24.1. The summed E-state index contributed by atoms with van der Waals surface area (Å²) >= 11 is 0. The molecule has 22 nitrogen and oxygen atoms in total. The van der Waals surface area contributed by atoms with E-state index in [0.717, 1.165) is 0 Å². The first-order chi connectivity index (χ1) is 18.4. The molecule has 0 aliphatic rings. The Balaban J connectivity index is -0.000000869.